The van der Waals surface area contributed by atoms with Crippen LogP contribution in [0, 0.1) is 6.92 Å². The number of amides is 1. The van der Waals surface area contributed by atoms with Gasteiger partial charge in [-0.15, -0.1) is 0 Å². The minimum Gasteiger partial charge on any atom is -0.454 e. The number of hydrogen-bond donors (Lipinski definition) is 3. The Hall–Kier alpha value is -4.77. The second-order valence-corrected chi connectivity index (χ2v) is 7.82. The van der Waals surface area contributed by atoms with Crippen LogP contribution < -0.4 is 30.8 Å². The highest BCUT2D eigenvalue weighted by atomic mass is 16.7. The smallest absolute Gasteiger partial charge is 0.339 e. The predicted octanol–water partition coefficient (Wildman–Crippen LogP) is 2.35. The van der Waals surface area contributed by atoms with Gasteiger partial charge in [0.05, 0.1) is 5.69 Å². The number of nitrogens with two attached hydrogens (primary N) is 1. The van der Waals surface area contributed by atoms with Gasteiger partial charge in [0, 0.05) is 64.7 Å². The molecule has 0 fully saturated rings. The summed E-state index contributed by atoms with van der Waals surface area (Å²) in [5.41, 5.74) is 13.9. The van der Waals surface area contributed by atoms with Gasteiger partial charge in [-0.25, -0.2) is 10.2 Å². The lowest BCUT2D eigenvalue weighted by molar-refractivity contribution is -0.130. The summed E-state index contributed by atoms with van der Waals surface area (Å²) in [5, 5.41) is 0. The van der Waals surface area contributed by atoms with Crippen molar-refractivity contribution in [2.45, 2.75) is 20.4 Å². The number of ether oxygens (including phenoxy) is 3. The standard InChI is InChI=1S/C25H23N5O6/c1-14(7-17-8-21-22(9-20(17)26)35-13-34-21)25(33)36-23-15(2)28-10-18(12-31)19(23)11-29-30-24(32)16-3-5-27-6-4-16/h3-10,12,29H,11,13,26H2,1-2H3,(H,30,32). The average molecular weight is 489 g/mol. The van der Waals surface area contributed by atoms with E-state index in [-0.39, 0.29) is 30.2 Å². The third-order valence-electron chi connectivity index (χ3n) is 5.35. The molecule has 0 bridgehead atoms. The summed E-state index contributed by atoms with van der Waals surface area (Å²) in [5.74, 6) is 0.112. The second kappa shape index (κ2) is 10.7. The third kappa shape index (κ3) is 5.31. The number of hydrazine groups is 1. The lowest BCUT2D eigenvalue weighted by atomic mass is 10.1. The fourth-order valence-corrected chi connectivity index (χ4v) is 3.42. The normalized spacial score (nSPS) is 12.2. The van der Waals surface area contributed by atoms with Crippen molar-refractivity contribution in [2.75, 3.05) is 12.5 Å². The summed E-state index contributed by atoms with van der Waals surface area (Å²) >= 11 is 0. The fraction of sp³-hybridized carbons (Fsp3) is 0.160. The van der Waals surface area contributed by atoms with Crippen molar-refractivity contribution in [3.05, 3.63) is 76.4 Å². The Bertz CT molecular complexity index is 1360. The van der Waals surface area contributed by atoms with Gasteiger partial charge in [-0.05, 0) is 38.1 Å². The molecule has 1 aliphatic rings. The Kier molecular flexibility index (Phi) is 7.21. The van der Waals surface area contributed by atoms with Crippen molar-refractivity contribution in [3.63, 3.8) is 0 Å². The number of nitrogen functional groups attached to an aromatic ring is 1. The molecule has 0 saturated carbocycles. The van der Waals surface area contributed by atoms with Gasteiger partial charge < -0.3 is 19.9 Å². The van der Waals surface area contributed by atoms with Crippen LogP contribution in [0.3, 0.4) is 0 Å². The van der Waals surface area contributed by atoms with E-state index in [9.17, 15) is 14.4 Å². The van der Waals surface area contributed by atoms with Crippen LogP contribution in [0.5, 0.6) is 17.2 Å². The van der Waals surface area contributed by atoms with E-state index in [1.807, 2.05) is 0 Å². The molecule has 1 amide bonds. The fourth-order valence-electron chi connectivity index (χ4n) is 3.42. The highest BCUT2D eigenvalue weighted by molar-refractivity contribution is 5.96. The van der Waals surface area contributed by atoms with Crippen molar-refractivity contribution in [3.8, 4) is 17.2 Å². The molecule has 11 nitrogen and oxygen atoms in total. The number of esters is 1. The molecular weight excluding hydrogens is 466 g/mol. The molecule has 1 aliphatic heterocycles. The van der Waals surface area contributed by atoms with Crippen LogP contribution in [0.2, 0.25) is 0 Å². The maximum atomic E-state index is 12.9. The maximum absolute atomic E-state index is 12.9. The van der Waals surface area contributed by atoms with Crippen LogP contribution in [0.4, 0.5) is 5.69 Å². The summed E-state index contributed by atoms with van der Waals surface area (Å²) in [4.78, 5) is 44.9. The molecule has 4 rings (SSSR count). The second-order valence-electron chi connectivity index (χ2n) is 7.82. The van der Waals surface area contributed by atoms with Crippen LogP contribution in [-0.4, -0.2) is 34.9 Å². The van der Waals surface area contributed by atoms with E-state index in [0.717, 1.165) is 0 Å². The molecule has 1 aromatic carbocycles. The number of carbonyl (C=O) groups is 3. The highest BCUT2D eigenvalue weighted by Crippen LogP contribution is 2.36. The molecular formula is C25H23N5O6. The number of nitrogens with one attached hydrogen (secondary N) is 2. The molecule has 184 valence electrons. The van der Waals surface area contributed by atoms with Gasteiger partial charge in [-0.3, -0.25) is 25.0 Å². The number of benzene rings is 1. The average Bonchev–Trinajstić information content (AvgIpc) is 3.33. The summed E-state index contributed by atoms with van der Waals surface area (Å²) in [6.45, 7) is 3.31. The van der Waals surface area contributed by atoms with Gasteiger partial charge in [0.2, 0.25) is 6.79 Å². The zero-order valence-corrected chi connectivity index (χ0v) is 19.5. The number of aldehydes is 1. The number of anilines is 1. The molecule has 0 radical (unpaired) electrons. The zero-order valence-electron chi connectivity index (χ0n) is 19.5. The molecule has 0 aliphatic carbocycles. The van der Waals surface area contributed by atoms with Crippen molar-refractivity contribution in [1.29, 1.82) is 0 Å². The first-order valence-electron chi connectivity index (χ1n) is 10.8. The lowest BCUT2D eigenvalue weighted by Gasteiger charge is -2.15. The van der Waals surface area contributed by atoms with Crippen LogP contribution >= 0.6 is 0 Å². The van der Waals surface area contributed by atoms with Gasteiger partial charge in [0.1, 0.15) is 0 Å². The van der Waals surface area contributed by atoms with E-state index >= 15 is 0 Å². The highest BCUT2D eigenvalue weighted by Gasteiger charge is 2.20. The molecule has 0 spiro atoms. The van der Waals surface area contributed by atoms with Gasteiger partial charge in [-0.2, -0.15) is 0 Å². The summed E-state index contributed by atoms with van der Waals surface area (Å²) in [6.07, 6.45) is 6.53. The van der Waals surface area contributed by atoms with Crippen molar-refractivity contribution in [1.82, 2.24) is 20.8 Å². The molecule has 2 aromatic heterocycles. The van der Waals surface area contributed by atoms with Crippen LogP contribution in [0.15, 0.2) is 48.4 Å². The molecule has 0 saturated heterocycles. The van der Waals surface area contributed by atoms with E-state index in [2.05, 4.69) is 20.8 Å². The minimum atomic E-state index is -0.665. The zero-order chi connectivity index (χ0) is 25.7. The van der Waals surface area contributed by atoms with Crippen LogP contribution in [0.1, 0.15) is 44.5 Å². The van der Waals surface area contributed by atoms with E-state index in [1.54, 1.807) is 44.2 Å². The Morgan fingerprint density at radius 1 is 1.17 bits per heavy atom. The summed E-state index contributed by atoms with van der Waals surface area (Å²) in [6, 6.07) is 6.41. The quantitative estimate of drug-likeness (QED) is 0.141. The molecule has 11 heteroatoms. The van der Waals surface area contributed by atoms with E-state index in [0.29, 0.717) is 45.9 Å². The van der Waals surface area contributed by atoms with Gasteiger partial charge >= 0.3 is 5.97 Å². The molecule has 36 heavy (non-hydrogen) atoms. The summed E-state index contributed by atoms with van der Waals surface area (Å²) < 4.78 is 16.3. The van der Waals surface area contributed by atoms with E-state index in [4.69, 9.17) is 19.9 Å². The molecule has 0 unspecified atom stereocenters. The number of pyridine rings is 2. The first-order valence-corrected chi connectivity index (χ1v) is 10.8. The minimum absolute atomic E-state index is 0.00522. The van der Waals surface area contributed by atoms with Crippen molar-refractivity contribution >= 4 is 29.9 Å². The number of hydrogen-bond acceptors (Lipinski definition) is 10. The number of aryl methyl sites for hydroxylation is 1. The van der Waals surface area contributed by atoms with Crippen LogP contribution in [0.25, 0.3) is 6.08 Å². The Morgan fingerprint density at radius 3 is 2.61 bits per heavy atom. The Morgan fingerprint density at radius 2 is 1.89 bits per heavy atom. The number of rotatable bonds is 8. The summed E-state index contributed by atoms with van der Waals surface area (Å²) in [7, 11) is 0. The van der Waals surface area contributed by atoms with E-state index in [1.165, 1.54) is 18.6 Å². The first-order chi connectivity index (χ1) is 17.4. The predicted molar refractivity (Wildman–Crippen MR) is 129 cm³/mol. The van der Waals surface area contributed by atoms with Gasteiger partial charge in [0.25, 0.3) is 5.91 Å². The Labute approximate surface area is 206 Å². The van der Waals surface area contributed by atoms with Gasteiger partial charge in [-0.1, -0.05) is 0 Å². The molecule has 3 aromatic rings. The molecule has 3 heterocycles. The number of carbonyl (C=O) groups excluding carboxylic acids is 3. The third-order valence-corrected chi connectivity index (χ3v) is 5.35. The number of aromatic nitrogens is 2. The SMILES string of the molecule is CC(=Cc1cc2c(cc1N)OCO2)C(=O)Oc1c(C)ncc(C=O)c1CNNC(=O)c1ccncc1. The van der Waals surface area contributed by atoms with Crippen molar-refractivity contribution < 1.29 is 28.6 Å². The van der Waals surface area contributed by atoms with Crippen LogP contribution in [-0.2, 0) is 11.3 Å². The Balaban J connectivity index is 1.52. The number of nitrogens with zero attached hydrogens (tertiary/aromatic N) is 2. The molecule has 4 N–H and O–H groups in total. The number of fused-ring (bicyclic) bond motifs is 1. The largest absolute Gasteiger partial charge is 0.454 e. The van der Waals surface area contributed by atoms with Crippen molar-refractivity contribution in [2.24, 2.45) is 0 Å². The van der Waals surface area contributed by atoms with Gasteiger partial charge in [0.15, 0.2) is 23.5 Å². The lowest BCUT2D eigenvalue weighted by Crippen LogP contribution is -2.37. The van der Waals surface area contributed by atoms with E-state index < -0.39 is 11.9 Å². The topological polar surface area (TPSA) is 155 Å². The maximum Gasteiger partial charge on any atom is 0.339 e. The monoisotopic (exact) mass is 489 g/mol. The molecule has 0 atom stereocenters. The first kappa shape index (κ1) is 24.4.